The van der Waals surface area contributed by atoms with Crippen LogP contribution in [-0.4, -0.2) is 68.8 Å². The summed E-state index contributed by atoms with van der Waals surface area (Å²) in [5.41, 5.74) is -0.809. The molecule has 2 heterocycles. The molecular formula is C15H23FN4O4. The lowest BCUT2D eigenvalue weighted by atomic mass is 10.1. The summed E-state index contributed by atoms with van der Waals surface area (Å²) in [6, 6.07) is 0. The lowest BCUT2D eigenvalue weighted by Crippen LogP contribution is -2.35. The van der Waals surface area contributed by atoms with E-state index in [1.54, 1.807) is 6.92 Å². The fourth-order valence-electron chi connectivity index (χ4n) is 2.49. The molecule has 24 heavy (non-hydrogen) atoms. The van der Waals surface area contributed by atoms with Gasteiger partial charge in [0.05, 0.1) is 12.3 Å². The molecule has 0 bridgehead atoms. The molecular weight excluding hydrogens is 319 g/mol. The summed E-state index contributed by atoms with van der Waals surface area (Å²) < 4.78 is 20.3. The first-order chi connectivity index (χ1) is 11.4. The number of hydrogen-bond donors (Lipinski definition) is 2. The maximum atomic E-state index is 14.1. The Labute approximate surface area is 139 Å². The van der Waals surface area contributed by atoms with Crippen LogP contribution >= 0.6 is 0 Å². The van der Waals surface area contributed by atoms with E-state index in [1.807, 2.05) is 13.8 Å². The van der Waals surface area contributed by atoms with Crippen molar-refractivity contribution < 1.29 is 19.3 Å². The highest BCUT2D eigenvalue weighted by atomic mass is 19.1. The van der Waals surface area contributed by atoms with E-state index >= 15 is 0 Å². The van der Waals surface area contributed by atoms with E-state index in [1.165, 1.54) is 6.21 Å². The van der Waals surface area contributed by atoms with Gasteiger partial charge in [0.1, 0.15) is 12.2 Å². The Morgan fingerprint density at radius 3 is 2.62 bits per heavy atom. The average Bonchev–Trinajstić information content (AvgIpc) is 2.81. The highest BCUT2D eigenvalue weighted by Gasteiger charge is 2.42. The van der Waals surface area contributed by atoms with Crippen molar-refractivity contribution in [2.45, 2.75) is 45.3 Å². The van der Waals surface area contributed by atoms with Gasteiger partial charge in [0.2, 0.25) is 0 Å². The molecule has 0 unspecified atom stereocenters. The molecule has 2 N–H and O–H groups in total. The van der Waals surface area contributed by atoms with Gasteiger partial charge in [-0.1, -0.05) is 13.8 Å². The Morgan fingerprint density at radius 2 is 2.08 bits per heavy atom. The molecule has 8 nitrogen and oxygen atoms in total. The van der Waals surface area contributed by atoms with Gasteiger partial charge in [-0.2, -0.15) is 4.98 Å². The minimum Gasteiger partial charge on any atom is -0.388 e. The summed E-state index contributed by atoms with van der Waals surface area (Å²) in [6.07, 6.45) is -1.97. The molecule has 0 spiro atoms. The van der Waals surface area contributed by atoms with E-state index in [9.17, 15) is 19.4 Å². The van der Waals surface area contributed by atoms with E-state index in [0.717, 1.165) is 23.9 Å². The fraction of sp³-hybridized carbons (Fsp3) is 0.667. The first-order valence-corrected chi connectivity index (χ1v) is 7.94. The van der Waals surface area contributed by atoms with Crippen molar-refractivity contribution in [1.29, 1.82) is 0 Å². The molecule has 1 fully saturated rings. The van der Waals surface area contributed by atoms with Crippen LogP contribution in [0.3, 0.4) is 0 Å². The quantitative estimate of drug-likeness (QED) is 0.710. The molecule has 0 amide bonds. The van der Waals surface area contributed by atoms with Gasteiger partial charge < -0.3 is 14.9 Å². The lowest BCUT2D eigenvalue weighted by Gasteiger charge is -2.17. The van der Waals surface area contributed by atoms with E-state index in [-0.39, 0.29) is 5.82 Å². The van der Waals surface area contributed by atoms with Gasteiger partial charge in [-0.15, -0.1) is 0 Å². The molecule has 1 aliphatic rings. The number of aliphatic imine (C=N–C) groups is 1. The maximum Gasteiger partial charge on any atom is 0.352 e. The number of nitrogens with zero attached hydrogens (tertiary/aromatic N) is 4. The molecule has 1 aromatic rings. The average molecular weight is 342 g/mol. The third-order valence-electron chi connectivity index (χ3n) is 4.09. The topological polar surface area (TPSA) is 100 Å². The molecule has 4 atom stereocenters. The van der Waals surface area contributed by atoms with Crippen LogP contribution in [0.25, 0.3) is 0 Å². The van der Waals surface area contributed by atoms with Gasteiger partial charge in [-0.3, -0.25) is 9.47 Å². The van der Waals surface area contributed by atoms with Crippen LogP contribution in [0.2, 0.25) is 0 Å². The molecule has 2 rings (SSSR count). The molecule has 1 saturated heterocycles. The second kappa shape index (κ2) is 7.93. The summed E-state index contributed by atoms with van der Waals surface area (Å²) >= 11 is 0. The van der Waals surface area contributed by atoms with Crippen LogP contribution in [0, 0.1) is 5.82 Å². The highest BCUT2D eigenvalue weighted by molar-refractivity contribution is 5.63. The molecule has 0 aliphatic carbocycles. The number of aromatic nitrogens is 2. The van der Waals surface area contributed by atoms with Crippen LogP contribution in [-0.2, 0) is 4.74 Å². The zero-order valence-electron chi connectivity index (χ0n) is 14.0. The Morgan fingerprint density at radius 1 is 1.42 bits per heavy atom. The van der Waals surface area contributed by atoms with Crippen LogP contribution in [0.4, 0.5) is 10.2 Å². The molecule has 1 aliphatic heterocycles. The number of halogens is 1. The van der Waals surface area contributed by atoms with Gasteiger partial charge in [0, 0.05) is 12.8 Å². The van der Waals surface area contributed by atoms with Crippen molar-refractivity contribution in [2.75, 3.05) is 19.6 Å². The largest absolute Gasteiger partial charge is 0.388 e. The van der Waals surface area contributed by atoms with Gasteiger partial charge >= 0.3 is 5.69 Å². The van der Waals surface area contributed by atoms with E-state index in [0.29, 0.717) is 6.54 Å². The van der Waals surface area contributed by atoms with Crippen molar-refractivity contribution >= 4 is 12.0 Å². The van der Waals surface area contributed by atoms with Gasteiger partial charge in [0.25, 0.3) is 0 Å². The lowest BCUT2D eigenvalue weighted by molar-refractivity contribution is -0.0355. The molecule has 0 saturated carbocycles. The smallest absolute Gasteiger partial charge is 0.352 e. The molecule has 1 aromatic heterocycles. The summed E-state index contributed by atoms with van der Waals surface area (Å²) in [5, 5.41) is 19.6. The van der Waals surface area contributed by atoms with Crippen molar-refractivity contribution in [3.8, 4) is 0 Å². The zero-order valence-corrected chi connectivity index (χ0v) is 14.0. The second-order valence-corrected chi connectivity index (χ2v) is 5.61. The second-order valence-electron chi connectivity index (χ2n) is 5.61. The number of hydrogen-bond acceptors (Lipinski definition) is 7. The SMILES string of the molecule is CCN(CC)CC=Nc1nc(=O)n([C@@H]2O[C@H](C)[C@@H](O)[C@H]2O)cc1F. The van der Waals surface area contributed by atoms with Crippen LogP contribution in [0.5, 0.6) is 0 Å². The van der Waals surface area contributed by atoms with Gasteiger partial charge in [0.15, 0.2) is 17.9 Å². The standard InChI is InChI=1S/C15H23FN4O4/c1-4-19(5-2)7-6-17-13-10(16)8-20(15(23)18-13)14-12(22)11(21)9(3)24-14/h6,8-9,11-12,14,21-22H,4-5,7H2,1-3H3/t9-,11-,12-,14-/m1/s1. The summed E-state index contributed by atoms with van der Waals surface area (Å²) in [5.74, 6) is -1.13. The van der Waals surface area contributed by atoms with Crippen molar-refractivity contribution in [2.24, 2.45) is 4.99 Å². The van der Waals surface area contributed by atoms with Crippen LogP contribution < -0.4 is 5.69 Å². The van der Waals surface area contributed by atoms with E-state index in [2.05, 4.69) is 14.9 Å². The molecule has 9 heteroatoms. The van der Waals surface area contributed by atoms with E-state index in [4.69, 9.17) is 4.74 Å². The third-order valence-corrected chi connectivity index (χ3v) is 4.09. The number of rotatable bonds is 6. The van der Waals surface area contributed by atoms with Crippen molar-refractivity contribution in [3.63, 3.8) is 0 Å². The molecule has 0 aromatic carbocycles. The Kier molecular flexibility index (Phi) is 6.16. The van der Waals surface area contributed by atoms with Crippen LogP contribution in [0.15, 0.2) is 16.0 Å². The maximum absolute atomic E-state index is 14.1. The Balaban J connectivity index is 2.20. The monoisotopic (exact) mass is 342 g/mol. The summed E-state index contributed by atoms with van der Waals surface area (Å²) in [7, 11) is 0. The number of aliphatic hydroxyl groups excluding tert-OH is 2. The first-order valence-electron chi connectivity index (χ1n) is 7.94. The normalized spacial score (nSPS) is 27.5. The predicted octanol–water partition coefficient (Wildman–Crippen LogP) is 0.0656. The minimum atomic E-state index is -1.34. The van der Waals surface area contributed by atoms with Gasteiger partial charge in [-0.25, -0.2) is 14.2 Å². The summed E-state index contributed by atoms with van der Waals surface area (Å²) in [6.45, 7) is 7.73. The Bertz CT molecular complexity index is 647. The fourth-order valence-corrected chi connectivity index (χ4v) is 2.49. The number of aliphatic hydroxyl groups is 2. The highest BCUT2D eigenvalue weighted by Crippen LogP contribution is 2.28. The molecule has 134 valence electrons. The first kappa shape index (κ1) is 18.7. The zero-order chi connectivity index (χ0) is 17.9. The predicted molar refractivity (Wildman–Crippen MR) is 86.0 cm³/mol. The van der Waals surface area contributed by atoms with Crippen molar-refractivity contribution in [1.82, 2.24) is 14.5 Å². The van der Waals surface area contributed by atoms with Crippen molar-refractivity contribution in [3.05, 3.63) is 22.5 Å². The minimum absolute atomic E-state index is 0.315. The van der Waals surface area contributed by atoms with Gasteiger partial charge in [-0.05, 0) is 20.0 Å². The number of ether oxygens (including phenoxy) is 1. The van der Waals surface area contributed by atoms with E-state index < -0.39 is 36.0 Å². The Hall–Kier alpha value is -1.68. The summed E-state index contributed by atoms with van der Waals surface area (Å²) in [4.78, 5) is 21.6. The molecule has 0 radical (unpaired) electrons. The third kappa shape index (κ3) is 3.86. The van der Waals surface area contributed by atoms with Crippen LogP contribution in [0.1, 0.15) is 27.0 Å².